The van der Waals surface area contributed by atoms with Gasteiger partial charge < -0.3 is 19.5 Å². The minimum absolute atomic E-state index is 0.349. The molecule has 4 nitrogen and oxygen atoms in total. The number of nitrogens with zero attached hydrogens (tertiary/aromatic N) is 1. The summed E-state index contributed by atoms with van der Waals surface area (Å²) in [6.07, 6.45) is 1.87. The summed E-state index contributed by atoms with van der Waals surface area (Å²) in [5.41, 5.74) is 0. The van der Waals surface area contributed by atoms with Crippen LogP contribution in [0.4, 0.5) is 0 Å². The number of hydrogen-bond acceptors (Lipinski definition) is 4. The molecule has 1 aromatic carbocycles. The van der Waals surface area contributed by atoms with Crippen molar-refractivity contribution >= 4 is 0 Å². The van der Waals surface area contributed by atoms with Crippen LogP contribution in [0.5, 0.6) is 5.75 Å². The third-order valence-electron chi connectivity index (χ3n) is 3.76. The van der Waals surface area contributed by atoms with Crippen molar-refractivity contribution in [2.75, 3.05) is 40.0 Å². The molecule has 20 heavy (non-hydrogen) atoms. The summed E-state index contributed by atoms with van der Waals surface area (Å²) in [5, 5.41) is 10.0. The Morgan fingerprint density at radius 2 is 1.95 bits per heavy atom. The number of hydrogen-bond donors (Lipinski definition) is 1. The largest absolute Gasteiger partial charge is 0.491 e. The SMILES string of the molecule is COCC1CCN(CC(O)COc2ccccc2)CC1. The second-order valence-corrected chi connectivity index (χ2v) is 5.48. The van der Waals surface area contributed by atoms with E-state index >= 15 is 0 Å². The molecule has 1 atom stereocenters. The highest BCUT2D eigenvalue weighted by Gasteiger charge is 2.21. The van der Waals surface area contributed by atoms with Gasteiger partial charge >= 0.3 is 0 Å². The summed E-state index contributed by atoms with van der Waals surface area (Å²) in [6.45, 7) is 3.97. The first-order valence-corrected chi connectivity index (χ1v) is 7.35. The van der Waals surface area contributed by atoms with Gasteiger partial charge in [-0.2, -0.15) is 0 Å². The Hall–Kier alpha value is -1.10. The summed E-state index contributed by atoms with van der Waals surface area (Å²) < 4.78 is 10.8. The second-order valence-electron chi connectivity index (χ2n) is 5.48. The van der Waals surface area contributed by atoms with Gasteiger partial charge in [0.2, 0.25) is 0 Å². The van der Waals surface area contributed by atoms with Gasteiger partial charge in [0.05, 0.1) is 0 Å². The number of β-amino-alcohol motifs (C(OH)–C–C–N with tert-alkyl or cyclic N) is 1. The molecular weight excluding hydrogens is 254 g/mol. The Balaban J connectivity index is 1.64. The number of aliphatic hydroxyl groups excluding tert-OH is 1. The van der Waals surface area contributed by atoms with E-state index in [4.69, 9.17) is 9.47 Å². The van der Waals surface area contributed by atoms with E-state index in [0.29, 0.717) is 19.1 Å². The van der Waals surface area contributed by atoms with Crippen LogP contribution in [0.2, 0.25) is 0 Å². The zero-order valence-electron chi connectivity index (χ0n) is 12.2. The molecule has 0 aliphatic carbocycles. The molecule has 1 heterocycles. The van der Waals surface area contributed by atoms with Gasteiger partial charge in [-0.3, -0.25) is 0 Å². The molecule has 0 spiro atoms. The molecule has 0 saturated carbocycles. The summed E-state index contributed by atoms with van der Waals surface area (Å²) in [6, 6.07) is 9.63. The summed E-state index contributed by atoms with van der Waals surface area (Å²) in [7, 11) is 1.76. The van der Waals surface area contributed by atoms with Crippen LogP contribution in [0.15, 0.2) is 30.3 Å². The normalized spacial score (nSPS) is 18.9. The van der Waals surface area contributed by atoms with E-state index in [1.807, 2.05) is 30.3 Å². The minimum Gasteiger partial charge on any atom is -0.491 e. The average Bonchev–Trinajstić information content (AvgIpc) is 2.49. The van der Waals surface area contributed by atoms with E-state index in [1.54, 1.807) is 7.11 Å². The molecule has 0 bridgehead atoms. The van der Waals surface area contributed by atoms with Crippen LogP contribution in [-0.4, -0.2) is 56.1 Å². The van der Waals surface area contributed by atoms with E-state index < -0.39 is 6.10 Å². The third kappa shape index (κ3) is 5.12. The van der Waals surface area contributed by atoms with E-state index in [2.05, 4.69) is 4.90 Å². The lowest BCUT2D eigenvalue weighted by molar-refractivity contribution is 0.0440. The Bertz CT molecular complexity index is 363. The smallest absolute Gasteiger partial charge is 0.119 e. The van der Waals surface area contributed by atoms with Crippen molar-refractivity contribution in [2.45, 2.75) is 18.9 Å². The van der Waals surface area contributed by atoms with Crippen molar-refractivity contribution < 1.29 is 14.6 Å². The van der Waals surface area contributed by atoms with Gasteiger partial charge in [-0.1, -0.05) is 18.2 Å². The Kier molecular flexibility index (Phi) is 6.30. The number of likely N-dealkylation sites (tertiary alicyclic amines) is 1. The lowest BCUT2D eigenvalue weighted by Crippen LogP contribution is -2.41. The first-order valence-electron chi connectivity index (χ1n) is 7.35. The maximum atomic E-state index is 10.0. The molecule has 0 aromatic heterocycles. The molecule has 1 aliphatic rings. The van der Waals surface area contributed by atoms with Crippen molar-refractivity contribution in [3.05, 3.63) is 30.3 Å². The van der Waals surface area contributed by atoms with E-state index in [-0.39, 0.29) is 0 Å². The van der Waals surface area contributed by atoms with Gasteiger partial charge in [0.1, 0.15) is 18.5 Å². The third-order valence-corrected chi connectivity index (χ3v) is 3.76. The quantitative estimate of drug-likeness (QED) is 0.826. The first kappa shape index (κ1) is 15.3. The fourth-order valence-electron chi connectivity index (χ4n) is 2.63. The topological polar surface area (TPSA) is 41.9 Å². The maximum absolute atomic E-state index is 10.0. The number of benzene rings is 1. The molecule has 0 radical (unpaired) electrons. The van der Waals surface area contributed by atoms with E-state index in [1.165, 1.54) is 0 Å². The fourth-order valence-corrected chi connectivity index (χ4v) is 2.63. The number of aliphatic hydroxyl groups is 1. The first-order chi connectivity index (χ1) is 9.78. The zero-order chi connectivity index (χ0) is 14.2. The average molecular weight is 279 g/mol. The maximum Gasteiger partial charge on any atom is 0.119 e. The molecule has 112 valence electrons. The van der Waals surface area contributed by atoms with E-state index in [0.717, 1.165) is 38.3 Å². The Morgan fingerprint density at radius 3 is 2.60 bits per heavy atom. The van der Waals surface area contributed by atoms with Crippen LogP contribution in [0.3, 0.4) is 0 Å². The number of piperidine rings is 1. The predicted octanol–water partition coefficient (Wildman–Crippen LogP) is 1.78. The van der Waals surface area contributed by atoms with Crippen LogP contribution in [0, 0.1) is 5.92 Å². The van der Waals surface area contributed by atoms with Crippen molar-refractivity contribution in [1.82, 2.24) is 4.90 Å². The highest BCUT2D eigenvalue weighted by Crippen LogP contribution is 2.17. The van der Waals surface area contributed by atoms with Crippen molar-refractivity contribution in [2.24, 2.45) is 5.92 Å². The summed E-state index contributed by atoms with van der Waals surface area (Å²) in [5.74, 6) is 1.49. The molecule has 1 aliphatic heterocycles. The molecule has 1 aromatic rings. The molecular formula is C16H25NO3. The summed E-state index contributed by atoms with van der Waals surface area (Å²) >= 11 is 0. The number of rotatable bonds is 7. The molecule has 0 amide bonds. The van der Waals surface area contributed by atoms with Crippen LogP contribution >= 0.6 is 0 Å². The fraction of sp³-hybridized carbons (Fsp3) is 0.625. The Morgan fingerprint density at radius 1 is 1.25 bits per heavy atom. The highest BCUT2D eigenvalue weighted by molar-refractivity contribution is 5.20. The van der Waals surface area contributed by atoms with Crippen LogP contribution in [0.1, 0.15) is 12.8 Å². The second kappa shape index (κ2) is 8.25. The number of para-hydroxylation sites is 1. The van der Waals surface area contributed by atoms with Gasteiger partial charge in [-0.05, 0) is 44.0 Å². The van der Waals surface area contributed by atoms with Crippen LogP contribution < -0.4 is 4.74 Å². The molecule has 4 heteroatoms. The number of ether oxygens (including phenoxy) is 2. The molecule has 1 saturated heterocycles. The van der Waals surface area contributed by atoms with Crippen molar-refractivity contribution in [3.63, 3.8) is 0 Å². The van der Waals surface area contributed by atoms with Crippen LogP contribution in [-0.2, 0) is 4.74 Å². The van der Waals surface area contributed by atoms with Crippen molar-refractivity contribution in [1.29, 1.82) is 0 Å². The van der Waals surface area contributed by atoms with E-state index in [9.17, 15) is 5.11 Å². The number of methoxy groups -OCH3 is 1. The lowest BCUT2D eigenvalue weighted by atomic mass is 9.97. The molecule has 1 N–H and O–H groups in total. The highest BCUT2D eigenvalue weighted by atomic mass is 16.5. The van der Waals surface area contributed by atoms with Gasteiger partial charge in [0.15, 0.2) is 0 Å². The Labute approximate surface area is 121 Å². The standard InChI is InChI=1S/C16H25NO3/c1-19-12-14-7-9-17(10-8-14)11-15(18)13-20-16-5-3-2-4-6-16/h2-6,14-15,18H,7-13H2,1H3. The molecule has 2 rings (SSSR count). The molecule has 1 fully saturated rings. The monoisotopic (exact) mass is 279 g/mol. The summed E-state index contributed by atoms with van der Waals surface area (Å²) in [4.78, 5) is 2.31. The van der Waals surface area contributed by atoms with Gasteiger partial charge in [0, 0.05) is 20.3 Å². The van der Waals surface area contributed by atoms with Gasteiger partial charge in [0.25, 0.3) is 0 Å². The van der Waals surface area contributed by atoms with Gasteiger partial charge in [-0.25, -0.2) is 0 Å². The minimum atomic E-state index is -0.436. The lowest BCUT2D eigenvalue weighted by Gasteiger charge is -2.32. The van der Waals surface area contributed by atoms with Gasteiger partial charge in [-0.15, -0.1) is 0 Å². The predicted molar refractivity (Wildman–Crippen MR) is 79.0 cm³/mol. The van der Waals surface area contributed by atoms with Crippen LogP contribution in [0.25, 0.3) is 0 Å². The zero-order valence-corrected chi connectivity index (χ0v) is 12.2. The molecule has 1 unspecified atom stereocenters. The van der Waals surface area contributed by atoms with Crippen molar-refractivity contribution in [3.8, 4) is 5.75 Å².